The Morgan fingerprint density at radius 1 is 1.22 bits per heavy atom. The predicted octanol–water partition coefficient (Wildman–Crippen LogP) is 0.388. The second-order valence-corrected chi connectivity index (χ2v) is 6.70. The minimum Gasteiger partial charge on any atom is -0.338 e. The second-order valence-electron chi connectivity index (χ2n) is 5.55. The van der Waals surface area contributed by atoms with Crippen molar-refractivity contribution in [3.63, 3.8) is 0 Å². The van der Waals surface area contributed by atoms with Crippen LogP contribution in [0, 0.1) is 0 Å². The summed E-state index contributed by atoms with van der Waals surface area (Å²) >= 11 is 1.90. The standard InChI is InChI=1S/C13H23N3OS/c17-13(12-10-18-8-4-14-12)16-7-6-15-5-2-1-3-11(15)9-16/h11-12,14H,1-10H2. The lowest BCUT2D eigenvalue weighted by atomic mass is 9.99. The van der Waals surface area contributed by atoms with Crippen molar-refractivity contribution in [2.75, 3.05) is 44.2 Å². The van der Waals surface area contributed by atoms with E-state index in [0.29, 0.717) is 11.9 Å². The van der Waals surface area contributed by atoms with Crippen molar-refractivity contribution in [3.05, 3.63) is 0 Å². The molecule has 1 amide bonds. The number of nitrogens with zero attached hydrogens (tertiary/aromatic N) is 2. The molecule has 0 radical (unpaired) electrons. The van der Waals surface area contributed by atoms with Gasteiger partial charge in [0.15, 0.2) is 0 Å². The third kappa shape index (κ3) is 2.68. The maximum Gasteiger partial charge on any atom is 0.240 e. The molecule has 102 valence electrons. The lowest BCUT2D eigenvalue weighted by Crippen LogP contribution is -2.60. The molecule has 3 heterocycles. The van der Waals surface area contributed by atoms with Gasteiger partial charge in [-0.05, 0) is 19.4 Å². The topological polar surface area (TPSA) is 35.6 Å². The zero-order chi connectivity index (χ0) is 12.4. The third-order valence-corrected chi connectivity index (χ3v) is 5.43. The van der Waals surface area contributed by atoms with Crippen LogP contribution in [0.4, 0.5) is 0 Å². The zero-order valence-electron chi connectivity index (χ0n) is 10.9. The number of piperidine rings is 1. The van der Waals surface area contributed by atoms with E-state index in [9.17, 15) is 4.79 Å². The van der Waals surface area contributed by atoms with Gasteiger partial charge in [0.2, 0.25) is 5.91 Å². The highest BCUT2D eigenvalue weighted by molar-refractivity contribution is 7.99. The summed E-state index contributed by atoms with van der Waals surface area (Å²) in [7, 11) is 0. The molecule has 0 aromatic rings. The monoisotopic (exact) mass is 269 g/mol. The van der Waals surface area contributed by atoms with Crippen molar-refractivity contribution >= 4 is 17.7 Å². The molecule has 3 saturated heterocycles. The molecule has 0 aromatic carbocycles. The van der Waals surface area contributed by atoms with Crippen molar-refractivity contribution < 1.29 is 4.79 Å². The maximum atomic E-state index is 12.5. The first-order valence-corrected chi connectivity index (χ1v) is 8.34. The molecule has 4 nitrogen and oxygen atoms in total. The predicted molar refractivity (Wildman–Crippen MR) is 74.9 cm³/mol. The number of carbonyl (C=O) groups is 1. The first-order valence-electron chi connectivity index (χ1n) is 7.18. The smallest absolute Gasteiger partial charge is 0.240 e. The number of nitrogens with one attached hydrogen (secondary N) is 1. The van der Waals surface area contributed by atoms with Gasteiger partial charge in [0.25, 0.3) is 0 Å². The number of hydrogen-bond donors (Lipinski definition) is 1. The summed E-state index contributed by atoms with van der Waals surface area (Å²) in [6.07, 6.45) is 3.95. The van der Waals surface area contributed by atoms with E-state index in [1.165, 1.54) is 25.8 Å². The number of carbonyl (C=O) groups excluding carboxylic acids is 1. The van der Waals surface area contributed by atoms with Gasteiger partial charge in [0.05, 0.1) is 6.04 Å². The summed E-state index contributed by atoms with van der Waals surface area (Å²) in [5.74, 6) is 2.43. The molecule has 5 heteroatoms. The number of rotatable bonds is 1. The van der Waals surface area contributed by atoms with E-state index in [2.05, 4.69) is 15.1 Å². The van der Waals surface area contributed by atoms with Crippen LogP contribution in [0.2, 0.25) is 0 Å². The fraction of sp³-hybridized carbons (Fsp3) is 0.923. The van der Waals surface area contributed by atoms with Gasteiger partial charge in [0.1, 0.15) is 0 Å². The summed E-state index contributed by atoms with van der Waals surface area (Å²) in [6.45, 7) is 5.19. The van der Waals surface area contributed by atoms with E-state index < -0.39 is 0 Å². The van der Waals surface area contributed by atoms with Gasteiger partial charge >= 0.3 is 0 Å². The first-order chi connectivity index (χ1) is 8.84. The van der Waals surface area contributed by atoms with Crippen LogP contribution in [-0.2, 0) is 4.79 Å². The molecule has 0 bridgehead atoms. The number of hydrogen-bond acceptors (Lipinski definition) is 4. The van der Waals surface area contributed by atoms with Crippen LogP contribution in [0.3, 0.4) is 0 Å². The van der Waals surface area contributed by atoms with Gasteiger partial charge in [-0.1, -0.05) is 6.42 Å². The molecule has 0 spiro atoms. The number of amides is 1. The number of piperazine rings is 1. The van der Waals surface area contributed by atoms with Gasteiger partial charge in [-0.2, -0.15) is 11.8 Å². The largest absolute Gasteiger partial charge is 0.338 e. The van der Waals surface area contributed by atoms with Crippen LogP contribution in [0.15, 0.2) is 0 Å². The molecule has 18 heavy (non-hydrogen) atoms. The van der Waals surface area contributed by atoms with Gasteiger partial charge in [-0.15, -0.1) is 0 Å². The molecule has 3 fully saturated rings. The SMILES string of the molecule is O=C(C1CSCCN1)N1CCN2CCCCC2C1. The first kappa shape index (κ1) is 12.8. The van der Waals surface area contributed by atoms with Crippen LogP contribution < -0.4 is 5.32 Å². The Balaban J connectivity index is 1.57. The Labute approximate surface area is 113 Å². The molecule has 2 unspecified atom stereocenters. The molecular formula is C13H23N3OS. The minimum absolute atomic E-state index is 0.0684. The van der Waals surface area contributed by atoms with E-state index >= 15 is 0 Å². The molecular weight excluding hydrogens is 246 g/mol. The Kier molecular flexibility index (Phi) is 4.11. The van der Waals surface area contributed by atoms with Gasteiger partial charge in [-0.3, -0.25) is 9.69 Å². The van der Waals surface area contributed by atoms with Gasteiger partial charge < -0.3 is 10.2 Å². The van der Waals surface area contributed by atoms with Crippen LogP contribution in [0.1, 0.15) is 19.3 Å². The Bertz CT molecular complexity index is 307. The van der Waals surface area contributed by atoms with Crippen LogP contribution in [0.25, 0.3) is 0 Å². The lowest BCUT2D eigenvalue weighted by molar-refractivity contribution is -0.136. The second kappa shape index (κ2) is 5.80. The molecule has 0 aliphatic carbocycles. The van der Waals surface area contributed by atoms with Crippen molar-refractivity contribution in [2.24, 2.45) is 0 Å². The Morgan fingerprint density at radius 2 is 2.17 bits per heavy atom. The Hall–Kier alpha value is -0.260. The van der Waals surface area contributed by atoms with Crippen molar-refractivity contribution in [1.82, 2.24) is 15.1 Å². The van der Waals surface area contributed by atoms with Gasteiger partial charge in [0, 0.05) is 43.7 Å². The average molecular weight is 269 g/mol. The summed E-state index contributed by atoms with van der Waals surface area (Å²) < 4.78 is 0. The van der Waals surface area contributed by atoms with Crippen molar-refractivity contribution in [1.29, 1.82) is 0 Å². The lowest BCUT2D eigenvalue weighted by Gasteiger charge is -2.45. The average Bonchev–Trinajstić information content (AvgIpc) is 2.47. The molecule has 2 atom stereocenters. The van der Waals surface area contributed by atoms with Crippen molar-refractivity contribution in [3.8, 4) is 0 Å². The van der Waals surface area contributed by atoms with E-state index in [4.69, 9.17) is 0 Å². The summed E-state index contributed by atoms with van der Waals surface area (Å²) in [6, 6.07) is 0.701. The molecule has 0 aromatic heterocycles. The van der Waals surface area contributed by atoms with Crippen LogP contribution in [0.5, 0.6) is 0 Å². The fourth-order valence-electron chi connectivity index (χ4n) is 3.30. The Morgan fingerprint density at radius 3 is 3.00 bits per heavy atom. The van der Waals surface area contributed by atoms with Crippen LogP contribution >= 0.6 is 11.8 Å². The van der Waals surface area contributed by atoms with E-state index in [1.54, 1.807) is 0 Å². The third-order valence-electron chi connectivity index (χ3n) is 4.37. The molecule has 3 aliphatic heterocycles. The number of thioether (sulfide) groups is 1. The molecule has 3 rings (SSSR count). The summed E-state index contributed by atoms with van der Waals surface area (Å²) in [5, 5.41) is 3.36. The van der Waals surface area contributed by atoms with E-state index in [0.717, 1.165) is 37.7 Å². The number of fused-ring (bicyclic) bond motifs is 1. The van der Waals surface area contributed by atoms with Crippen LogP contribution in [-0.4, -0.2) is 72.0 Å². The van der Waals surface area contributed by atoms with Crippen molar-refractivity contribution in [2.45, 2.75) is 31.3 Å². The quantitative estimate of drug-likeness (QED) is 0.747. The molecule has 1 N–H and O–H groups in total. The summed E-state index contributed by atoms with van der Waals surface area (Å²) in [5.41, 5.74) is 0. The summed E-state index contributed by atoms with van der Waals surface area (Å²) in [4.78, 5) is 17.1. The highest BCUT2D eigenvalue weighted by Gasteiger charge is 2.33. The van der Waals surface area contributed by atoms with Gasteiger partial charge in [-0.25, -0.2) is 0 Å². The van der Waals surface area contributed by atoms with E-state index in [1.807, 2.05) is 11.8 Å². The fourth-order valence-corrected chi connectivity index (χ4v) is 4.23. The highest BCUT2D eigenvalue weighted by atomic mass is 32.2. The van der Waals surface area contributed by atoms with E-state index in [-0.39, 0.29) is 6.04 Å². The highest BCUT2D eigenvalue weighted by Crippen LogP contribution is 2.22. The minimum atomic E-state index is 0.0684. The normalized spacial score (nSPS) is 34.1. The zero-order valence-corrected chi connectivity index (χ0v) is 11.8. The molecule has 3 aliphatic rings. The molecule has 0 saturated carbocycles. The maximum absolute atomic E-state index is 12.5.